The molecule has 1 aliphatic carbocycles. The molecule has 1 aliphatic heterocycles. The first-order valence-corrected chi connectivity index (χ1v) is 11.9. The van der Waals surface area contributed by atoms with Crippen LogP contribution in [0.15, 0.2) is 54.1 Å². The van der Waals surface area contributed by atoms with Crippen LogP contribution >= 0.6 is 11.3 Å². The van der Waals surface area contributed by atoms with E-state index >= 15 is 0 Å². The van der Waals surface area contributed by atoms with Crippen molar-refractivity contribution in [3.8, 4) is 10.4 Å². The Morgan fingerprint density at radius 2 is 1.93 bits per heavy atom. The molecule has 0 amide bonds. The molecule has 2 heterocycles. The van der Waals surface area contributed by atoms with Crippen LogP contribution < -0.4 is 0 Å². The van der Waals surface area contributed by atoms with Gasteiger partial charge in [0.15, 0.2) is 0 Å². The van der Waals surface area contributed by atoms with Crippen molar-refractivity contribution in [3.63, 3.8) is 0 Å². The van der Waals surface area contributed by atoms with Crippen molar-refractivity contribution < 1.29 is 9.47 Å². The molecule has 2 aromatic rings. The number of rotatable bonds is 8. The molecule has 29 heavy (non-hydrogen) atoms. The molecule has 0 spiro atoms. The number of hydrogen-bond acceptors (Lipinski definition) is 4. The molecule has 4 rings (SSSR count). The Kier molecular flexibility index (Phi) is 7.42. The first-order valence-electron chi connectivity index (χ1n) is 11.0. The SMILES string of the molecule is COC=CCC1C(OCc2csc(-c3ccccc3)c2)CCC1N1CCCCC1. The Balaban J connectivity index is 1.38. The Hall–Kier alpha value is -1.62. The number of thiophene rings is 1. The molecule has 3 atom stereocenters. The van der Waals surface area contributed by atoms with Gasteiger partial charge >= 0.3 is 0 Å². The van der Waals surface area contributed by atoms with Crippen LogP contribution in [0, 0.1) is 5.92 Å². The lowest BCUT2D eigenvalue weighted by Gasteiger charge is -2.36. The highest BCUT2D eigenvalue weighted by Gasteiger charge is 2.39. The fourth-order valence-corrected chi connectivity index (χ4v) is 5.85. The van der Waals surface area contributed by atoms with Gasteiger partial charge in [-0.15, -0.1) is 11.3 Å². The van der Waals surface area contributed by atoms with Crippen LogP contribution in [0.3, 0.4) is 0 Å². The molecule has 2 aliphatic rings. The second-order valence-corrected chi connectivity index (χ2v) is 9.19. The van der Waals surface area contributed by atoms with Gasteiger partial charge in [-0.25, -0.2) is 0 Å². The molecule has 1 aromatic carbocycles. The summed E-state index contributed by atoms with van der Waals surface area (Å²) in [5, 5.41) is 2.25. The zero-order chi connectivity index (χ0) is 19.9. The summed E-state index contributed by atoms with van der Waals surface area (Å²) in [7, 11) is 1.72. The largest absolute Gasteiger partial charge is 0.505 e. The summed E-state index contributed by atoms with van der Waals surface area (Å²) in [6.45, 7) is 3.23. The van der Waals surface area contributed by atoms with Crippen LogP contribution in [0.25, 0.3) is 10.4 Å². The van der Waals surface area contributed by atoms with E-state index in [2.05, 4.69) is 52.8 Å². The van der Waals surface area contributed by atoms with Crippen LogP contribution in [0.4, 0.5) is 0 Å². The summed E-state index contributed by atoms with van der Waals surface area (Å²) in [6.07, 6.45) is 11.9. The van der Waals surface area contributed by atoms with Gasteiger partial charge in [-0.2, -0.15) is 0 Å². The molecule has 1 aromatic heterocycles. The maximum atomic E-state index is 6.51. The normalized spacial score (nSPS) is 25.6. The van der Waals surface area contributed by atoms with E-state index in [9.17, 15) is 0 Å². The number of likely N-dealkylation sites (tertiary alicyclic amines) is 1. The number of benzene rings is 1. The van der Waals surface area contributed by atoms with Crippen molar-refractivity contribution in [1.82, 2.24) is 4.90 Å². The fourth-order valence-electron chi connectivity index (χ4n) is 4.95. The summed E-state index contributed by atoms with van der Waals surface area (Å²) < 4.78 is 11.7. The highest BCUT2D eigenvalue weighted by atomic mass is 32.1. The average Bonchev–Trinajstić information content (AvgIpc) is 3.41. The van der Waals surface area contributed by atoms with Crippen LogP contribution in [0.2, 0.25) is 0 Å². The van der Waals surface area contributed by atoms with Crippen LogP contribution in [0.1, 0.15) is 44.1 Å². The standard InChI is InChI=1S/C25H33NO2S/c1-27-16-8-11-22-23(26-14-6-3-7-15-26)12-13-24(22)28-18-20-17-25(29-19-20)21-9-4-2-5-10-21/h2,4-5,8-10,16-17,19,22-24H,3,6-7,11-15,18H2,1H3. The lowest BCUT2D eigenvalue weighted by atomic mass is 9.94. The molecule has 0 N–H and O–H groups in total. The maximum absolute atomic E-state index is 6.51. The second kappa shape index (κ2) is 10.4. The maximum Gasteiger partial charge on any atom is 0.0784 e. The van der Waals surface area contributed by atoms with Crippen molar-refractivity contribution in [3.05, 3.63) is 59.7 Å². The van der Waals surface area contributed by atoms with E-state index in [4.69, 9.17) is 9.47 Å². The van der Waals surface area contributed by atoms with Gasteiger partial charge in [-0.1, -0.05) is 36.8 Å². The minimum atomic E-state index is 0.337. The van der Waals surface area contributed by atoms with E-state index in [0.29, 0.717) is 24.7 Å². The predicted molar refractivity (Wildman–Crippen MR) is 121 cm³/mol. The van der Waals surface area contributed by atoms with Crippen molar-refractivity contribution in [2.24, 2.45) is 5.92 Å². The van der Waals surface area contributed by atoms with Gasteiger partial charge in [-0.05, 0) is 73.8 Å². The smallest absolute Gasteiger partial charge is 0.0784 e. The van der Waals surface area contributed by atoms with Crippen LogP contribution in [0.5, 0.6) is 0 Å². The van der Waals surface area contributed by atoms with E-state index in [1.54, 1.807) is 7.11 Å². The van der Waals surface area contributed by atoms with Gasteiger partial charge in [0, 0.05) is 16.8 Å². The molecule has 156 valence electrons. The number of hydrogen-bond donors (Lipinski definition) is 0. The minimum absolute atomic E-state index is 0.337. The lowest BCUT2D eigenvalue weighted by Crippen LogP contribution is -2.43. The number of ether oxygens (including phenoxy) is 2. The van der Waals surface area contributed by atoms with E-state index in [0.717, 1.165) is 6.42 Å². The number of nitrogens with zero attached hydrogens (tertiary/aromatic N) is 1. The quantitative estimate of drug-likeness (QED) is 0.489. The minimum Gasteiger partial charge on any atom is -0.505 e. The van der Waals surface area contributed by atoms with Gasteiger partial charge in [0.1, 0.15) is 0 Å². The van der Waals surface area contributed by atoms with E-state index in [1.807, 2.05) is 17.6 Å². The van der Waals surface area contributed by atoms with Gasteiger partial charge in [0.25, 0.3) is 0 Å². The summed E-state index contributed by atoms with van der Waals surface area (Å²) in [5.41, 5.74) is 2.58. The van der Waals surface area contributed by atoms with Crippen molar-refractivity contribution >= 4 is 11.3 Å². The van der Waals surface area contributed by atoms with E-state index in [1.165, 1.54) is 61.2 Å². The second-order valence-electron chi connectivity index (χ2n) is 8.28. The monoisotopic (exact) mass is 411 g/mol. The predicted octanol–water partition coefficient (Wildman–Crippen LogP) is 6.12. The summed E-state index contributed by atoms with van der Waals surface area (Å²) in [4.78, 5) is 4.05. The van der Waals surface area contributed by atoms with E-state index in [-0.39, 0.29) is 0 Å². The molecule has 3 unspecified atom stereocenters. The Labute approximate surface area is 179 Å². The van der Waals surface area contributed by atoms with Gasteiger partial charge < -0.3 is 14.4 Å². The highest BCUT2D eigenvalue weighted by Crippen LogP contribution is 2.37. The van der Waals surface area contributed by atoms with Gasteiger partial charge in [0.2, 0.25) is 0 Å². The Bertz CT molecular complexity index is 766. The molecule has 1 saturated carbocycles. The van der Waals surface area contributed by atoms with E-state index < -0.39 is 0 Å². The van der Waals surface area contributed by atoms with Gasteiger partial charge in [-0.3, -0.25) is 0 Å². The molecule has 0 radical (unpaired) electrons. The number of piperidine rings is 1. The molecule has 4 heteroatoms. The topological polar surface area (TPSA) is 21.7 Å². The first-order chi connectivity index (χ1) is 14.3. The Morgan fingerprint density at radius 1 is 1.10 bits per heavy atom. The third-order valence-electron chi connectivity index (χ3n) is 6.40. The third kappa shape index (κ3) is 5.30. The zero-order valence-corrected chi connectivity index (χ0v) is 18.3. The fraction of sp³-hybridized carbons (Fsp3) is 0.520. The zero-order valence-electron chi connectivity index (χ0n) is 17.5. The molecular weight excluding hydrogens is 378 g/mol. The number of allylic oxidation sites excluding steroid dienone is 1. The summed E-state index contributed by atoms with van der Waals surface area (Å²) in [5.74, 6) is 0.562. The first kappa shape index (κ1) is 20.6. The highest BCUT2D eigenvalue weighted by molar-refractivity contribution is 7.13. The average molecular weight is 412 g/mol. The van der Waals surface area contributed by atoms with Crippen molar-refractivity contribution in [2.45, 2.75) is 57.3 Å². The van der Waals surface area contributed by atoms with Gasteiger partial charge in [0.05, 0.1) is 26.1 Å². The van der Waals surface area contributed by atoms with Crippen molar-refractivity contribution in [1.29, 1.82) is 0 Å². The summed E-state index contributed by atoms with van der Waals surface area (Å²) in [6, 6.07) is 13.6. The molecule has 3 nitrogen and oxygen atoms in total. The van der Waals surface area contributed by atoms with Crippen LogP contribution in [-0.4, -0.2) is 37.2 Å². The Morgan fingerprint density at radius 3 is 2.72 bits per heavy atom. The molecule has 0 bridgehead atoms. The summed E-state index contributed by atoms with van der Waals surface area (Å²) >= 11 is 1.81. The third-order valence-corrected chi connectivity index (χ3v) is 7.42. The van der Waals surface area contributed by atoms with Crippen LogP contribution in [-0.2, 0) is 16.1 Å². The molecule has 1 saturated heterocycles. The molecule has 2 fully saturated rings. The lowest BCUT2D eigenvalue weighted by molar-refractivity contribution is -0.000127. The molecular formula is C25H33NO2S. The number of methoxy groups -OCH3 is 1. The van der Waals surface area contributed by atoms with Crippen molar-refractivity contribution in [2.75, 3.05) is 20.2 Å².